The van der Waals surface area contributed by atoms with Crippen molar-refractivity contribution < 1.29 is 24.3 Å². The van der Waals surface area contributed by atoms with E-state index < -0.39 is 23.8 Å². The maximum Gasteiger partial charge on any atom is 0.262 e. The van der Waals surface area contributed by atoms with Gasteiger partial charge in [-0.2, -0.15) is 0 Å². The summed E-state index contributed by atoms with van der Waals surface area (Å²) in [7, 11) is 0. The van der Waals surface area contributed by atoms with Crippen LogP contribution < -0.4 is 20.4 Å². The number of aromatic hydroxyl groups is 1. The number of halogens is 1. The Labute approximate surface area is 338 Å². The Morgan fingerprint density at radius 3 is 2.12 bits per heavy atom. The number of hydrogen-bond donors (Lipinski definition) is 3. The zero-order valence-corrected chi connectivity index (χ0v) is 32.7. The maximum atomic E-state index is 13.4. The molecule has 4 amide bonds. The lowest BCUT2D eigenvalue weighted by Crippen LogP contribution is -2.54. The van der Waals surface area contributed by atoms with Crippen LogP contribution in [0, 0.1) is 5.92 Å². The Balaban J connectivity index is 0.872. The molecule has 4 heterocycles. The number of rotatable bonds is 11. The predicted molar refractivity (Wildman–Crippen MR) is 224 cm³/mol. The van der Waals surface area contributed by atoms with Crippen LogP contribution in [0.25, 0.3) is 11.1 Å². The van der Waals surface area contributed by atoms with E-state index in [9.17, 15) is 24.3 Å². The van der Waals surface area contributed by atoms with Gasteiger partial charge in [0.2, 0.25) is 11.8 Å². The molecule has 0 aliphatic carbocycles. The molecular weight excluding hydrogens is 738 g/mol. The number of imide groups is 2. The van der Waals surface area contributed by atoms with E-state index in [0.29, 0.717) is 35.4 Å². The largest absolute Gasteiger partial charge is 0.508 e. The van der Waals surface area contributed by atoms with E-state index in [4.69, 9.17) is 11.6 Å². The number of fused-ring (bicyclic) bond motifs is 1. The Kier molecular flexibility index (Phi) is 11.4. The summed E-state index contributed by atoms with van der Waals surface area (Å²) in [5, 5.41) is 16.1. The minimum atomic E-state index is -0.970. The molecule has 4 aromatic carbocycles. The van der Waals surface area contributed by atoms with Crippen LogP contribution in [0.5, 0.6) is 5.75 Å². The highest BCUT2D eigenvalue weighted by Crippen LogP contribution is 2.37. The molecule has 8 rings (SSSR count). The normalized spacial score (nSPS) is 20.8. The van der Waals surface area contributed by atoms with Crippen molar-refractivity contribution in [2.45, 2.75) is 57.0 Å². The third kappa shape index (κ3) is 8.20. The van der Waals surface area contributed by atoms with Crippen molar-refractivity contribution in [2.24, 2.45) is 5.92 Å². The molecule has 3 fully saturated rings. The quantitative estimate of drug-likeness (QED) is 0.0858. The average Bonchev–Trinajstić information content (AvgIpc) is 3.49. The first-order chi connectivity index (χ1) is 27.8. The van der Waals surface area contributed by atoms with Crippen LogP contribution >= 0.6 is 11.6 Å². The van der Waals surface area contributed by atoms with Gasteiger partial charge in [-0.25, -0.2) is 0 Å². The number of benzene rings is 4. The number of allylic oxidation sites excluding steroid dienone is 1. The third-order valence-corrected chi connectivity index (χ3v) is 12.2. The van der Waals surface area contributed by atoms with Gasteiger partial charge in [0.1, 0.15) is 11.8 Å². The van der Waals surface area contributed by atoms with Crippen molar-refractivity contribution in [1.29, 1.82) is 0 Å². The van der Waals surface area contributed by atoms with E-state index >= 15 is 0 Å². The van der Waals surface area contributed by atoms with Crippen LogP contribution in [-0.2, 0) is 9.59 Å². The van der Waals surface area contributed by atoms with E-state index in [1.807, 2.05) is 24.3 Å². The molecule has 294 valence electrons. The molecule has 0 aromatic heterocycles. The lowest BCUT2D eigenvalue weighted by atomic mass is 9.88. The Hall–Kier alpha value is -5.45. The van der Waals surface area contributed by atoms with E-state index in [2.05, 4.69) is 69.0 Å². The summed E-state index contributed by atoms with van der Waals surface area (Å²) in [4.78, 5) is 56.5. The standard InChI is InChI=1S/C46H48ClN5O5/c47-23-20-38(31-5-2-1-3-6-31)43(33-10-15-37(53)16-11-33)32-8-12-35(13-9-32)50-25-21-30(22-26-50)28-48-34-7-4-24-51(29-34)36-14-17-39-40(27-36)46(57)52(45(39)56)41-18-19-42(54)49-44(41)55/h1-3,5-6,8-17,27,30,34,41,48,53H,4,7,18-26,28-29H2,(H,49,54,55). The van der Waals surface area contributed by atoms with Crippen molar-refractivity contribution in [2.75, 3.05) is 48.4 Å². The van der Waals surface area contributed by atoms with E-state index in [0.717, 1.165) is 91.3 Å². The zero-order valence-electron chi connectivity index (χ0n) is 32.0. The fraction of sp³-hybridized carbons (Fsp3) is 0.348. The van der Waals surface area contributed by atoms with E-state index in [-0.39, 0.29) is 24.5 Å². The van der Waals surface area contributed by atoms with Gasteiger partial charge in [0.25, 0.3) is 11.8 Å². The van der Waals surface area contributed by atoms with Crippen LogP contribution in [0.4, 0.5) is 11.4 Å². The van der Waals surface area contributed by atoms with E-state index in [1.165, 1.54) is 11.3 Å². The SMILES string of the molecule is O=C1CCC(N2C(=O)c3ccc(N4CCCC(NCC5CCN(c6ccc(C(=C(CCCl)c7ccccc7)c7ccc(O)cc7)cc6)CC5)C4)cc3C2=O)C(=O)N1. The number of phenols is 1. The summed E-state index contributed by atoms with van der Waals surface area (Å²) < 4.78 is 0. The van der Waals surface area contributed by atoms with Gasteiger partial charge in [-0.1, -0.05) is 54.6 Å². The van der Waals surface area contributed by atoms with E-state index in [1.54, 1.807) is 24.3 Å². The molecule has 0 spiro atoms. The summed E-state index contributed by atoms with van der Waals surface area (Å²) in [6.45, 7) is 4.60. The first-order valence-corrected chi connectivity index (χ1v) is 20.6. The molecule has 4 aliphatic heterocycles. The topological polar surface area (TPSA) is 122 Å². The number of carbonyl (C=O) groups is 4. The van der Waals surface area contributed by atoms with Gasteiger partial charge in [-0.3, -0.25) is 29.4 Å². The summed E-state index contributed by atoms with van der Waals surface area (Å²) >= 11 is 6.36. The summed E-state index contributed by atoms with van der Waals surface area (Å²) in [6.07, 6.45) is 5.24. The number of piperidine rings is 3. The van der Waals surface area contributed by atoms with Crippen LogP contribution in [0.3, 0.4) is 0 Å². The predicted octanol–water partition coefficient (Wildman–Crippen LogP) is 6.86. The number of nitrogens with one attached hydrogen (secondary N) is 2. The van der Waals surface area contributed by atoms with Crippen molar-refractivity contribution in [3.05, 3.63) is 125 Å². The van der Waals surface area contributed by atoms with Gasteiger partial charge in [-0.05, 0) is 121 Å². The lowest BCUT2D eigenvalue weighted by Gasteiger charge is -2.37. The highest BCUT2D eigenvalue weighted by molar-refractivity contribution is 6.23. The Morgan fingerprint density at radius 2 is 1.42 bits per heavy atom. The summed E-state index contributed by atoms with van der Waals surface area (Å²) in [6, 6.07) is 31.4. The van der Waals surface area contributed by atoms with Crippen LogP contribution in [0.2, 0.25) is 0 Å². The molecule has 0 saturated carbocycles. The molecule has 11 heteroatoms. The number of anilines is 2. The number of nitrogens with zero attached hydrogens (tertiary/aromatic N) is 3. The first-order valence-electron chi connectivity index (χ1n) is 20.1. The summed E-state index contributed by atoms with van der Waals surface area (Å²) in [5.74, 6) is -0.630. The number of alkyl halides is 1. The minimum Gasteiger partial charge on any atom is -0.508 e. The molecule has 2 unspecified atom stereocenters. The molecule has 57 heavy (non-hydrogen) atoms. The first kappa shape index (κ1) is 38.4. The van der Waals surface area contributed by atoms with Crippen LogP contribution in [0.1, 0.15) is 82.4 Å². The molecule has 2 atom stereocenters. The van der Waals surface area contributed by atoms with Crippen LogP contribution in [0.15, 0.2) is 97.1 Å². The molecule has 4 aromatic rings. The van der Waals surface area contributed by atoms with Gasteiger partial charge in [0.05, 0.1) is 11.1 Å². The summed E-state index contributed by atoms with van der Waals surface area (Å²) in [5.41, 5.74) is 8.32. The van der Waals surface area contributed by atoms with Crippen molar-refractivity contribution in [1.82, 2.24) is 15.5 Å². The Bertz CT molecular complexity index is 2170. The lowest BCUT2D eigenvalue weighted by molar-refractivity contribution is -0.136. The van der Waals surface area contributed by atoms with Gasteiger partial charge < -0.3 is 20.2 Å². The average molecular weight is 786 g/mol. The van der Waals surface area contributed by atoms with Gasteiger partial charge >= 0.3 is 0 Å². The second kappa shape index (κ2) is 17.0. The fourth-order valence-corrected chi connectivity index (χ4v) is 9.08. The zero-order chi connectivity index (χ0) is 39.5. The highest BCUT2D eigenvalue weighted by Gasteiger charge is 2.45. The number of phenolic OH excluding ortho intramolecular Hbond substituents is 1. The van der Waals surface area contributed by atoms with Gasteiger partial charge in [0, 0.05) is 55.9 Å². The highest BCUT2D eigenvalue weighted by atomic mass is 35.5. The molecule has 4 aliphatic rings. The minimum absolute atomic E-state index is 0.0966. The molecule has 3 saturated heterocycles. The maximum absolute atomic E-state index is 13.4. The number of carbonyl (C=O) groups excluding carboxylic acids is 4. The molecule has 0 bridgehead atoms. The molecule has 3 N–H and O–H groups in total. The molecular formula is C46H48ClN5O5. The molecule has 0 radical (unpaired) electrons. The molecule has 10 nitrogen and oxygen atoms in total. The number of hydrogen-bond acceptors (Lipinski definition) is 8. The van der Waals surface area contributed by atoms with Gasteiger partial charge in [-0.15, -0.1) is 11.6 Å². The second-order valence-electron chi connectivity index (χ2n) is 15.6. The van der Waals surface area contributed by atoms with Gasteiger partial charge in [0.15, 0.2) is 0 Å². The second-order valence-corrected chi connectivity index (χ2v) is 15.9. The third-order valence-electron chi connectivity index (χ3n) is 12.0. The smallest absolute Gasteiger partial charge is 0.262 e. The fourth-order valence-electron chi connectivity index (χ4n) is 8.89. The van der Waals surface area contributed by atoms with Crippen LogP contribution in [-0.4, -0.2) is 84.3 Å². The number of amides is 4. The van der Waals surface area contributed by atoms with Crippen molar-refractivity contribution >= 4 is 57.8 Å². The van der Waals surface area contributed by atoms with Crippen molar-refractivity contribution in [3.8, 4) is 5.75 Å². The Morgan fingerprint density at radius 1 is 0.737 bits per heavy atom. The monoisotopic (exact) mass is 785 g/mol. The van der Waals surface area contributed by atoms with Crippen molar-refractivity contribution in [3.63, 3.8) is 0 Å².